The number of aryl methyl sites for hydroxylation is 1. The monoisotopic (exact) mass is 438 g/mol. The van der Waals surface area contributed by atoms with Gasteiger partial charge < -0.3 is 0 Å². The molecule has 0 saturated carbocycles. The average Bonchev–Trinajstić information content (AvgIpc) is 2.63. The summed E-state index contributed by atoms with van der Waals surface area (Å²) in [4.78, 5) is -0.812. The highest BCUT2D eigenvalue weighted by Gasteiger charge is 2.20. The molecule has 0 saturated heterocycles. The summed E-state index contributed by atoms with van der Waals surface area (Å²) in [6.45, 7) is 1.75. The Labute approximate surface area is 167 Å². The maximum atomic E-state index is 13.8. The van der Waals surface area contributed by atoms with Crippen LogP contribution in [0.25, 0.3) is 0 Å². The van der Waals surface area contributed by atoms with Gasteiger partial charge in [0.2, 0.25) is 0 Å². The van der Waals surface area contributed by atoms with Crippen LogP contribution in [0.15, 0.2) is 76.5 Å². The van der Waals surface area contributed by atoms with Crippen LogP contribution in [0, 0.1) is 18.6 Å². The van der Waals surface area contributed by atoms with Crippen LogP contribution in [-0.2, 0) is 20.0 Å². The molecule has 0 radical (unpaired) electrons. The summed E-state index contributed by atoms with van der Waals surface area (Å²) in [5.74, 6) is -2.14. The first kappa shape index (κ1) is 20.7. The van der Waals surface area contributed by atoms with Gasteiger partial charge in [-0.05, 0) is 55.0 Å². The van der Waals surface area contributed by atoms with Gasteiger partial charge in [-0.3, -0.25) is 9.44 Å². The summed E-state index contributed by atoms with van der Waals surface area (Å²) < 4.78 is 80.9. The van der Waals surface area contributed by atoms with Crippen LogP contribution in [-0.4, -0.2) is 16.8 Å². The van der Waals surface area contributed by atoms with E-state index in [9.17, 15) is 25.6 Å². The van der Waals surface area contributed by atoms with Gasteiger partial charge in [-0.25, -0.2) is 25.6 Å². The zero-order valence-electron chi connectivity index (χ0n) is 15.1. The molecule has 0 atom stereocenters. The quantitative estimate of drug-likeness (QED) is 0.611. The Balaban J connectivity index is 1.82. The van der Waals surface area contributed by atoms with Crippen molar-refractivity contribution in [1.82, 2.24) is 0 Å². The van der Waals surface area contributed by atoms with Crippen molar-refractivity contribution in [2.24, 2.45) is 0 Å². The number of nitrogens with one attached hydrogen (secondary N) is 2. The number of rotatable bonds is 6. The smallest absolute Gasteiger partial charge is 0.264 e. The van der Waals surface area contributed by atoms with Crippen molar-refractivity contribution in [2.45, 2.75) is 16.7 Å². The summed E-state index contributed by atoms with van der Waals surface area (Å²) in [5, 5.41) is 0. The molecule has 0 amide bonds. The number of sulfonamides is 2. The van der Waals surface area contributed by atoms with Crippen molar-refractivity contribution >= 4 is 31.4 Å². The van der Waals surface area contributed by atoms with Crippen molar-refractivity contribution in [1.29, 1.82) is 0 Å². The van der Waals surface area contributed by atoms with Gasteiger partial charge in [0, 0.05) is 11.8 Å². The Morgan fingerprint density at radius 3 is 2.03 bits per heavy atom. The first-order valence-electron chi connectivity index (χ1n) is 8.25. The van der Waals surface area contributed by atoms with Crippen LogP contribution in [0.2, 0.25) is 0 Å². The topological polar surface area (TPSA) is 92.3 Å². The lowest BCUT2D eigenvalue weighted by molar-refractivity contribution is 0.551. The molecule has 0 aliphatic heterocycles. The average molecular weight is 438 g/mol. The lowest BCUT2D eigenvalue weighted by Gasteiger charge is -2.12. The van der Waals surface area contributed by atoms with Gasteiger partial charge in [-0.15, -0.1) is 0 Å². The summed E-state index contributed by atoms with van der Waals surface area (Å²) in [5.41, 5.74) is 1.18. The molecule has 0 aliphatic carbocycles. The van der Waals surface area contributed by atoms with E-state index in [2.05, 4.69) is 9.44 Å². The maximum absolute atomic E-state index is 13.8. The summed E-state index contributed by atoms with van der Waals surface area (Å²) in [6, 6.07) is 13.8. The molecule has 152 valence electrons. The number of anilines is 2. The molecule has 0 heterocycles. The van der Waals surface area contributed by atoms with E-state index in [1.54, 1.807) is 31.2 Å². The summed E-state index contributed by atoms with van der Waals surface area (Å²) in [7, 11) is -8.21. The fourth-order valence-corrected chi connectivity index (χ4v) is 4.75. The van der Waals surface area contributed by atoms with E-state index in [1.807, 2.05) is 0 Å². The van der Waals surface area contributed by atoms with Crippen molar-refractivity contribution in [2.75, 3.05) is 9.44 Å². The molecule has 29 heavy (non-hydrogen) atoms. The third-order valence-corrected chi connectivity index (χ3v) is 6.79. The van der Waals surface area contributed by atoms with Gasteiger partial charge in [0.05, 0.1) is 10.6 Å². The van der Waals surface area contributed by atoms with Gasteiger partial charge in [0.1, 0.15) is 16.5 Å². The van der Waals surface area contributed by atoms with E-state index in [1.165, 1.54) is 24.3 Å². The molecular formula is C19H16F2N2O4S2. The maximum Gasteiger partial charge on any atom is 0.264 e. The predicted octanol–water partition coefficient (Wildman–Crippen LogP) is 3.87. The van der Waals surface area contributed by atoms with Crippen molar-refractivity contribution < 1.29 is 25.6 Å². The molecular weight excluding hydrogens is 422 g/mol. The molecule has 2 N–H and O–H groups in total. The molecule has 0 aliphatic rings. The van der Waals surface area contributed by atoms with Crippen LogP contribution in [0.5, 0.6) is 0 Å². The molecule has 0 bridgehead atoms. The van der Waals surface area contributed by atoms with Crippen LogP contribution in [0.4, 0.5) is 20.2 Å². The molecule has 3 rings (SSSR count). The number of hydrogen-bond donors (Lipinski definition) is 2. The highest BCUT2D eigenvalue weighted by molar-refractivity contribution is 7.93. The van der Waals surface area contributed by atoms with Crippen molar-refractivity contribution in [3.8, 4) is 0 Å². The lowest BCUT2D eigenvalue weighted by atomic mass is 10.2. The minimum absolute atomic E-state index is 0.0172. The summed E-state index contributed by atoms with van der Waals surface area (Å²) >= 11 is 0. The minimum Gasteiger partial charge on any atom is -0.280 e. The molecule has 0 fully saturated rings. The number of hydrogen-bond acceptors (Lipinski definition) is 4. The van der Waals surface area contributed by atoms with Crippen LogP contribution < -0.4 is 9.44 Å². The summed E-state index contributed by atoms with van der Waals surface area (Å²) in [6.07, 6.45) is 0. The second-order valence-electron chi connectivity index (χ2n) is 6.13. The highest BCUT2D eigenvalue weighted by Crippen LogP contribution is 2.23. The number of benzene rings is 3. The first-order chi connectivity index (χ1) is 13.6. The van der Waals surface area contributed by atoms with E-state index in [0.29, 0.717) is 11.8 Å². The SMILES string of the molecule is Cc1ccccc1NS(=O)(=O)c1ccc(NS(=O)(=O)c2ccc(F)cc2F)cc1. The van der Waals surface area contributed by atoms with E-state index in [0.717, 1.165) is 17.7 Å². The number of para-hydroxylation sites is 1. The third kappa shape index (κ3) is 4.72. The molecule has 0 unspecified atom stereocenters. The van der Waals surface area contributed by atoms with E-state index in [-0.39, 0.29) is 10.6 Å². The normalized spacial score (nSPS) is 11.8. The Hall–Kier alpha value is -2.98. The van der Waals surface area contributed by atoms with Crippen LogP contribution in [0.3, 0.4) is 0 Å². The Bertz CT molecular complexity index is 1260. The molecule has 3 aromatic rings. The first-order valence-corrected chi connectivity index (χ1v) is 11.2. The number of halogens is 2. The molecule has 0 aromatic heterocycles. The standard InChI is InChI=1S/C19H16F2N2O4S2/c1-13-4-2-3-5-18(13)23-28(24,25)16-9-7-15(8-10-16)22-29(26,27)19-11-6-14(20)12-17(19)21/h2-12,22-23H,1H3. The third-order valence-electron chi connectivity index (χ3n) is 3.99. The Kier molecular flexibility index (Phi) is 5.58. The predicted molar refractivity (Wildman–Crippen MR) is 106 cm³/mol. The second-order valence-corrected chi connectivity index (χ2v) is 9.46. The van der Waals surface area contributed by atoms with Crippen molar-refractivity contribution in [3.05, 3.63) is 83.9 Å². The zero-order valence-corrected chi connectivity index (χ0v) is 16.7. The zero-order chi connectivity index (χ0) is 21.2. The lowest BCUT2D eigenvalue weighted by Crippen LogP contribution is -2.16. The largest absolute Gasteiger partial charge is 0.280 e. The molecule has 3 aromatic carbocycles. The minimum atomic E-state index is -4.32. The fraction of sp³-hybridized carbons (Fsp3) is 0.0526. The van der Waals surface area contributed by atoms with Gasteiger partial charge in [-0.1, -0.05) is 18.2 Å². The Morgan fingerprint density at radius 2 is 1.41 bits per heavy atom. The highest BCUT2D eigenvalue weighted by atomic mass is 32.2. The van der Waals surface area contributed by atoms with Gasteiger partial charge in [-0.2, -0.15) is 0 Å². The van der Waals surface area contributed by atoms with Crippen LogP contribution >= 0.6 is 0 Å². The second kappa shape index (κ2) is 7.80. The fourth-order valence-electron chi connectivity index (χ4n) is 2.50. The van der Waals surface area contributed by atoms with Gasteiger partial charge in [0.25, 0.3) is 20.0 Å². The molecule has 10 heteroatoms. The van der Waals surface area contributed by atoms with Crippen molar-refractivity contribution in [3.63, 3.8) is 0 Å². The molecule has 6 nitrogen and oxygen atoms in total. The van der Waals surface area contributed by atoms with E-state index >= 15 is 0 Å². The Morgan fingerprint density at radius 1 is 0.759 bits per heavy atom. The van der Waals surface area contributed by atoms with Gasteiger partial charge >= 0.3 is 0 Å². The van der Waals surface area contributed by atoms with Gasteiger partial charge in [0.15, 0.2) is 0 Å². The molecule has 0 spiro atoms. The van der Waals surface area contributed by atoms with Crippen LogP contribution in [0.1, 0.15) is 5.56 Å². The van der Waals surface area contributed by atoms with E-state index in [4.69, 9.17) is 0 Å². The van der Waals surface area contributed by atoms with E-state index < -0.39 is 36.6 Å².